The Bertz CT molecular complexity index is 629. The van der Waals surface area contributed by atoms with Crippen molar-refractivity contribution in [3.8, 4) is 0 Å². The molecule has 2 rings (SSSR count). The Morgan fingerprint density at radius 2 is 2.21 bits per heavy atom. The molecule has 0 unspecified atom stereocenters. The number of nitro benzene ring substituents is 1. The first-order valence-corrected chi connectivity index (χ1v) is 6.39. The van der Waals surface area contributed by atoms with Crippen LogP contribution in [0.25, 0.3) is 0 Å². The van der Waals surface area contributed by atoms with Crippen LogP contribution < -0.4 is 0 Å². The quantitative estimate of drug-likeness (QED) is 0.489. The van der Waals surface area contributed by atoms with Gasteiger partial charge in [0.15, 0.2) is 5.16 Å². The minimum Gasteiger partial charge on any atom is -0.309 e. The van der Waals surface area contributed by atoms with Gasteiger partial charge in [0.1, 0.15) is 5.82 Å². The van der Waals surface area contributed by atoms with Crippen molar-refractivity contribution >= 4 is 17.4 Å². The molecule has 0 amide bonds. The van der Waals surface area contributed by atoms with Gasteiger partial charge in [0.25, 0.3) is 0 Å². The lowest BCUT2D eigenvalue weighted by atomic mass is 10.2. The summed E-state index contributed by atoms with van der Waals surface area (Å²) >= 11 is 1.40. The maximum atomic E-state index is 13.4. The number of hydrogen-bond acceptors (Lipinski definition) is 5. The van der Waals surface area contributed by atoms with Crippen LogP contribution in [0.15, 0.2) is 23.4 Å². The zero-order valence-corrected chi connectivity index (χ0v) is 11.1. The molecule has 0 aliphatic carbocycles. The number of nitrogens with zero attached hydrogens (tertiary/aromatic N) is 4. The number of halogens is 1. The Kier molecular flexibility index (Phi) is 3.79. The largest absolute Gasteiger partial charge is 0.309 e. The van der Waals surface area contributed by atoms with Crippen molar-refractivity contribution < 1.29 is 9.31 Å². The number of nitro groups is 1. The predicted octanol–water partition coefficient (Wildman–Crippen LogP) is 2.46. The highest BCUT2D eigenvalue weighted by Gasteiger charge is 2.14. The van der Waals surface area contributed by atoms with Gasteiger partial charge < -0.3 is 4.57 Å². The number of aryl methyl sites for hydroxylation is 1. The van der Waals surface area contributed by atoms with Crippen LogP contribution in [0, 0.1) is 22.9 Å². The second kappa shape index (κ2) is 5.35. The molecule has 0 radical (unpaired) electrons. The third-order valence-electron chi connectivity index (χ3n) is 2.63. The first kappa shape index (κ1) is 13.5. The molecule has 100 valence electrons. The molecule has 2 aromatic rings. The fourth-order valence-corrected chi connectivity index (χ4v) is 2.35. The second-order valence-corrected chi connectivity index (χ2v) is 4.86. The van der Waals surface area contributed by atoms with Crippen LogP contribution in [0.3, 0.4) is 0 Å². The van der Waals surface area contributed by atoms with Gasteiger partial charge in [0.2, 0.25) is 5.82 Å². The average molecular weight is 282 g/mol. The number of thioether (sulfide) groups is 1. The summed E-state index contributed by atoms with van der Waals surface area (Å²) in [5, 5.41) is 19.1. The lowest BCUT2D eigenvalue weighted by Gasteiger charge is -2.02. The highest BCUT2D eigenvalue weighted by molar-refractivity contribution is 7.98. The molecule has 0 bridgehead atoms. The molecule has 6 nitrogen and oxygen atoms in total. The lowest BCUT2D eigenvalue weighted by molar-refractivity contribution is -0.387. The summed E-state index contributed by atoms with van der Waals surface area (Å²) in [6.45, 7) is 1.84. The summed E-state index contributed by atoms with van der Waals surface area (Å²) in [7, 11) is 1.84. The third-order valence-corrected chi connectivity index (χ3v) is 3.72. The van der Waals surface area contributed by atoms with Crippen LogP contribution in [0.4, 0.5) is 10.1 Å². The van der Waals surface area contributed by atoms with Gasteiger partial charge in [-0.2, -0.15) is 4.39 Å². The first-order valence-electron chi connectivity index (χ1n) is 5.40. The zero-order valence-electron chi connectivity index (χ0n) is 10.3. The van der Waals surface area contributed by atoms with Crippen LogP contribution in [0.1, 0.15) is 11.4 Å². The van der Waals surface area contributed by atoms with E-state index < -0.39 is 16.4 Å². The fraction of sp³-hybridized carbons (Fsp3) is 0.273. The molecule has 1 aromatic carbocycles. The van der Waals surface area contributed by atoms with Gasteiger partial charge in [-0.1, -0.05) is 17.8 Å². The van der Waals surface area contributed by atoms with E-state index in [-0.39, 0.29) is 0 Å². The summed E-state index contributed by atoms with van der Waals surface area (Å²) in [5.41, 5.74) is 0.150. The van der Waals surface area contributed by atoms with E-state index in [2.05, 4.69) is 10.2 Å². The van der Waals surface area contributed by atoms with E-state index >= 15 is 0 Å². The molecule has 1 heterocycles. The smallest absolute Gasteiger partial charge is 0.304 e. The first-order chi connectivity index (χ1) is 8.99. The van der Waals surface area contributed by atoms with Gasteiger partial charge in [0.05, 0.1) is 4.92 Å². The van der Waals surface area contributed by atoms with Crippen LogP contribution in [-0.2, 0) is 12.8 Å². The molecule has 8 heteroatoms. The van der Waals surface area contributed by atoms with E-state index in [0.717, 1.165) is 11.0 Å². The molecular weight excluding hydrogens is 271 g/mol. The number of hydrogen-bond donors (Lipinski definition) is 0. The van der Waals surface area contributed by atoms with Gasteiger partial charge in [-0.25, -0.2) is 0 Å². The zero-order chi connectivity index (χ0) is 14.0. The Morgan fingerprint density at radius 3 is 2.74 bits per heavy atom. The third kappa shape index (κ3) is 2.90. The van der Waals surface area contributed by atoms with E-state index in [0.29, 0.717) is 11.3 Å². The number of rotatable bonds is 4. The minimum absolute atomic E-state index is 0.473. The van der Waals surface area contributed by atoms with E-state index in [9.17, 15) is 14.5 Å². The summed E-state index contributed by atoms with van der Waals surface area (Å²) in [5.74, 6) is 0.440. The molecule has 0 saturated heterocycles. The van der Waals surface area contributed by atoms with Crippen molar-refractivity contribution in [2.45, 2.75) is 17.8 Å². The standard InChI is InChI=1S/C11H11FN4O2S/c1-7-13-14-11(15(7)2)19-6-8-3-4-10(16(17)18)9(12)5-8/h3-5H,6H2,1-2H3. The molecule has 0 saturated carbocycles. The highest BCUT2D eigenvalue weighted by Crippen LogP contribution is 2.24. The summed E-state index contributed by atoms with van der Waals surface area (Å²) in [4.78, 5) is 9.76. The Balaban J connectivity index is 2.10. The second-order valence-electron chi connectivity index (χ2n) is 3.92. The SMILES string of the molecule is Cc1nnc(SCc2ccc([N+](=O)[O-])c(F)c2)n1C. The summed E-state index contributed by atoms with van der Waals surface area (Å²) in [6, 6.07) is 3.89. The molecular formula is C11H11FN4O2S. The molecule has 0 aliphatic rings. The van der Waals surface area contributed by atoms with E-state index in [1.54, 1.807) is 0 Å². The molecule has 19 heavy (non-hydrogen) atoms. The van der Waals surface area contributed by atoms with E-state index in [4.69, 9.17) is 0 Å². The maximum Gasteiger partial charge on any atom is 0.304 e. The number of benzene rings is 1. The van der Waals surface area contributed by atoms with Crippen LogP contribution in [0.5, 0.6) is 0 Å². The highest BCUT2D eigenvalue weighted by atomic mass is 32.2. The van der Waals surface area contributed by atoms with Gasteiger partial charge in [-0.05, 0) is 18.6 Å². The Hall–Kier alpha value is -1.96. The lowest BCUT2D eigenvalue weighted by Crippen LogP contribution is -1.95. The molecule has 0 fully saturated rings. The van der Waals surface area contributed by atoms with Gasteiger partial charge in [-0.3, -0.25) is 10.1 Å². The fourth-order valence-electron chi connectivity index (χ4n) is 1.45. The molecule has 0 spiro atoms. The average Bonchev–Trinajstić information content (AvgIpc) is 2.67. The van der Waals surface area contributed by atoms with Crippen molar-refractivity contribution in [1.29, 1.82) is 0 Å². The van der Waals surface area contributed by atoms with Crippen molar-refractivity contribution in [3.05, 3.63) is 45.5 Å². The van der Waals surface area contributed by atoms with E-state index in [1.165, 1.54) is 30.0 Å². The number of aromatic nitrogens is 3. The minimum atomic E-state index is -0.822. The topological polar surface area (TPSA) is 73.8 Å². The summed E-state index contributed by atoms with van der Waals surface area (Å²) in [6.07, 6.45) is 0. The van der Waals surface area contributed by atoms with Crippen LogP contribution in [0.2, 0.25) is 0 Å². The molecule has 1 aromatic heterocycles. The van der Waals surface area contributed by atoms with Crippen LogP contribution >= 0.6 is 11.8 Å². The molecule has 0 atom stereocenters. The normalized spacial score (nSPS) is 10.7. The van der Waals surface area contributed by atoms with Gasteiger partial charge in [-0.15, -0.1) is 10.2 Å². The van der Waals surface area contributed by atoms with Gasteiger partial charge in [0, 0.05) is 18.9 Å². The van der Waals surface area contributed by atoms with Crippen molar-refractivity contribution in [3.63, 3.8) is 0 Å². The van der Waals surface area contributed by atoms with Crippen molar-refractivity contribution in [2.24, 2.45) is 7.05 Å². The van der Waals surface area contributed by atoms with Gasteiger partial charge >= 0.3 is 5.69 Å². The predicted molar refractivity (Wildman–Crippen MR) is 68.4 cm³/mol. The molecule has 0 aliphatic heterocycles. The Morgan fingerprint density at radius 1 is 1.47 bits per heavy atom. The Labute approximate surface area is 112 Å². The monoisotopic (exact) mass is 282 g/mol. The van der Waals surface area contributed by atoms with Crippen molar-refractivity contribution in [1.82, 2.24) is 14.8 Å². The summed E-state index contributed by atoms with van der Waals surface area (Å²) < 4.78 is 15.3. The maximum absolute atomic E-state index is 13.4. The van der Waals surface area contributed by atoms with E-state index in [1.807, 2.05) is 18.5 Å². The van der Waals surface area contributed by atoms with Crippen molar-refractivity contribution in [2.75, 3.05) is 0 Å². The molecule has 0 N–H and O–H groups in total. The van der Waals surface area contributed by atoms with Crippen LogP contribution in [-0.4, -0.2) is 19.7 Å².